The third-order valence-corrected chi connectivity index (χ3v) is 4.26. The van der Waals surface area contributed by atoms with Gasteiger partial charge in [0.2, 0.25) is 17.7 Å². The molecule has 0 bridgehead atoms. The van der Waals surface area contributed by atoms with Crippen LogP contribution in [0.15, 0.2) is 0 Å². The lowest BCUT2D eigenvalue weighted by molar-refractivity contribution is -0.144. The van der Waals surface area contributed by atoms with Crippen molar-refractivity contribution in [3.63, 3.8) is 0 Å². The molecule has 0 aliphatic carbocycles. The molecule has 0 aromatic heterocycles. The molecule has 1 atom stereocenters. The first-order chi connectivity index (χ1) is 9.49. The molecule has 3 amide bonds. The molecule has 2 fully saturated rings. The van der Waals surface area contributed by atoms with Crippen LogP contribution < -0.4 is 0 Å². The van der Waals surface area contributed by atoms with E-state index in [2.05, 4.69) is 0 Å². The maximum absolute atomic E-state index is 12.5. The first-order valence-corrected chi connectivity index (χ1v) is 7.27. The Morgan fingerprint density at radius 2 is 1.70 bits per heavy atom. The normalized spacial score (nSPS) is 24.6. The lowest BCUT2D eigenvalue weighted by atomic mass is 9.95. The molecule has 2 saturated heterocycles. The molecule has 2 aliphatic heterocycles. The molecule has 0 unspecified atom stereocenters. The SMILES string of the molecule is CC(=O)N1CCCN(C(=O)[C@@H]2CCN(C)C(=O)C2)CC1. The lowest BCUT2D eigenvalue weighted by Crippen LogP contribution is -2.45. The number of piperidine rings is 1. The maximum atomic E-state index is 12.5. The Kier molecular flexibility index (Phi) is 4.62. The monoisotopic (exact) mass is 281 g/mol. The fourth-order valence-corrected chi connectivity index (χ4v) is 2.86. The van der Waals surface area contributed by atoms with Gasteiger partial charge in [-0.3, -0.25) is 14.4 Å². The van der Waals surface area contributed by atoms with Crippen LogP contribution in [0.1, 0.15) is 26.2 Å². The van der Waals surface area contributed by atoms with Crippen LogP contribution >= 0.6 is 0 Å². The molecule has 0 spiro atoms. The van der Waals surface area contributed by atoms with Gasteiger partial charge in [-0.25, -0.2) is 0 Å². The van der Waals surface area contributed by atoms with E-state index >= 15 is 0 Å². The Balaban J connectivity index is 1.92. The van der Waals surface area contributed by atoms with Gasteiger partial charge >= 0.3 is 0 Å². The molecule has 6 heteroatoms. The van der Waals surface area contributed by atoms with E-state index in [1.807, 2.05) is 4.90 Å². The van der Waals surface area contributed by atoms with Gasteiger partial charge in [-0.2, -0.15) is 0 Å². The van der Waals surface area contributed by atoms with Crippen LogP contribution in [-0.4, -0.2) is 72.2 Å². The molecule has 0 N–H and O–H groups in total. The summed E-state index contributed by atoms with van der Waals surface area (Å²) in [5.41, 5.74) is 0. The number of nitrogens with zero attached hydrogens (tertiary/aromatic N) is 3. The van der Waals surface area contributed by atoms with Gasteiger partial charge in [0.05, 0.1) is 0 Å². The number of carbonyl (C=O) groups is 3. The molecular formula is C14H23N3O3. The van der Waals surface area contributed by atoms with Gasteiger partial charge in [-0.1, -0.05) is 0 Å². The summed E-state index contributed by atoms with van der Waals surface area (Å²) < 4.78 is 0. The van der Waals surface area contributed by atoms with E-state index in [-0.39, 0.29) is 23.6 Å². The van der Waals surface area contributed by atoms with Crippen LogP contribution in [0.25, 0.3) is 0 Å². The van der Waals surface area contributed by atoms with E-state index in [1.165, 1.54) is 0 Å². The highest BCUT2D eigenvalue weighted by Gasteiger charge is 2.32. The largest absolute Gasteiger partial charge is 0.346 e. The minimum absolute atomic E-state index is 0.0507. The van der Waals surface area contributed by atoms with E-state index in [9.17, 15) is 14.4 Å². The maximum Gasteiger partial charge on any atom is 0.226 e. The second kappa shape index (κ2) is 6.24. The number of amides is 3. The average Bonchev–Trinajstić information content (AvgIpc) is 2.67. The van der Waals surface area contributed by atoms with Crippen molar-refractivity contribution in [2.75, 3.05) is 39.8 Å². The second-order valence-corrected chi connectivity index (χ2v) is 5.69. The first kappa shape index (κ1) is 14.8. The molecule has 0 saturated carbocycles. The minimum Gasteiger partial charge on any atom is -0.346 e. The molecule has 20 heavy (non-hydrogen) atoms. The zero-order chi connectivity index (χ0) is 14.7. The molecule has 112 valence electrons. The zero-order valence-electron chi connectivity index (χ0n) is 12.3. The number of carbonyl (C=O) groups excluding carboxylic acids is 3. The van der Waals surface area contributed by atoms with Gasteiger partial charge in [-0.05, 0) is 12.8 Å². The lowest BCUT2D eigenvalue weighted by Gasteiger charge is -2.31. The molecule has 0 radical (unpaired) electrons. The summed E-state index contributed by atoms with van der Waals surface area (Å²) in [6, 6.07) is 0. The predicted octanol–water partition coefficient (Wildman–Crippen LogP) is -0.0644. The van der Waals surface area contributed by atoms with E-state index in [1.54, 1.807) is 23.8 Å². The summed E-state index contributed by atoms with van der Waals surface area (Å²) in [7, 11) is 1.78. The number of hydrogen-bond donors (Lipinski definition) is 0. The van der Waals surface area contributed by atoms with Crippen LogP contribution in [0, 0.1) is 5.92 Å². The van der Waals surface area contributed by atoms with Gasteiger partial charge in [0.15, 0.2) is 0 Å². The molecule has 0 aromatic rings. The second-order valence-electron chi connectivity index (χ2n) is 5.69. The van der Waals surface area contributed by atoms with Crippen LogP contribution in [0.2, 0.25) is 0 Å². The third kappa shape index (κ3) is 3.29. The Morgan fingerprint density at radius 3 is 2.35 bits per heavy atom. The van der Waals surface area contributed by atoms with Crippen molar-refractivity contribution in [2.45, 2.75) is 26.2 Å². The molecule has 6 nitrogen and oxygen atoms in total. The van der Waals surface area contributed by atoms with Gasteiger partial charge < -0.3 is 14.7 Å². The van der Waals surface area contributed by atoms with Crippen LogP contribution in [0.3, 0.4) is 0 Å². The van der Waals surface area contributed by atoms with Crippen molar-refractivity contribution in [3.8, 4) is 0 Å². The van der Waals surface area contributed by atoms with E-state index < -0.39 is 0 Å². The highest BCUT2D eigenvalue weighted by Crippen LogP contribution is 2.20. The quantitative estimate of drug-likeness (QED) is 0.676. The third-order valence-electron chi connectivity index (χ3n) is 4.26. The van der Waals surface area contributed by atoms with E-state index in [4.69, 9.17) is 0 Å². The highest BCUT2D eigenvalue weighted by molar-refractivity contribution is 5.87. The fourth-order valence-electron chi connectivity index (χ4n) is 2.86. The Morgan fingerprint density at radius 1 is 1.05 bits per heavy atom. The average molecular weight is 281 g/mol. The fraction of sp³-hybridized carbons (Fsp3) is 0.786. The summed E-state index contributed by atoms with van der Waals surface area (Å²) in [4.78, 5) is 40.9. The van der Waals surface area contributed by atoms with E-state index in [0.717, 1.165) is 12.8 Å². The summed E-state index contributed by atoms with van der Waals surface area (Å²) in [6.45, 7) is 4.80. The first-order valence-electron chi connectivity index (χ1n) is 7.27. The summed E-state index contributed by atoms with van der Waals surface area (Å²) in [6.07, 6.45) is 1.88. The van der Waals surface area contributed by atoms with Crippen LogP contribution in [0.4, 0.5) is 0 Å². The highest BCUT2D eigenvalue weighted by atomic mass is 16.2. The predicted molar refractivity (Wildman–Crippen MR) is 73.8 cm³/mol. The van der Waals surface area contributed by atoms with Crippen molar-refractivity contribution in [1.82, 2.24) is 14.7 Å². The van der Waals surface area contributed by atoms with Gasteiger partial charge in [0, 0.05) is 59.0 Å². The molecule has 2 aliphatic rings. The molecule has 2 heterocycles. The molecule has 0 aromatic carbocycles. The summed E-state index contributed by atoms with van der Waals surface area (Å²) >= 11 is 0. The topological polar surface area (TPSA) is 60.9 Å². The molecular weight excluding hydrogens is 258 g/mol. The Labute approximate surface area is 119 Å². The van der Waals surface area contributed by atoms with Gasteiger partial charge in [0.25, 0.3) is 0 Å². The van der Waals surface area contributed by atoms with Crippen LogP contribution in [0.5, 0.6) is 0 Å². The van der Waals surface area contributed by atoms with Crippen molar-refractivity contribution < 1.29 is 14.4 Å². The number of rotatable bonds is 1. The Hall–Kier alpha value is -1.59. The van der Waals surface area contributed by atoms with Crippen molar-refractivity contribution >= 4 is 17.7 Å². The standard InChI is InChI=1S/C14H23N3O3/c1-11(18)16-5-3-6-17(9-8-16)14(20)12-4-7-15(2)13(19)10-12/h12H,3-10H2,1-2H3/t12-/m1/s1. The van der Waals surface area contributed by atoms with Gasteiger partial charge in [0.1, 0.15) is 0 Å². The van der Waals surface area contributed by atoms with Crippen molar-refractivity contribution in [3.05, 3.63) is 0 Å². The minimum atomic E-state index is -0.178. The zero-order valence-corrected chi connectivity index (χ0v) is 12.3. The summed E-state index contributed by atoms with van der Waals surface area (Å²) in [5.74, 6) is 0.0167. The number of likely N-dealkylation sites (tertiary alicyclic amines) is 1. The van der Waals surface area contributed by atoms with Crippen molar-refractivity contribution in [2.24, 2.45) is 5.92 Å². The Bertz CT molecular complexity index is 410. The van der Waals surface area contributed by atoms with Crippen LogP contribution in [-0.2, 0) is 14.4 Å². The van der Waals surface area contributed by atoms with Crippen molar-refractivity contribution in [1.29, 1.82) is 0 Å². The van der Waals surface area contributed by atoms with Gasteiger partial charge in [-0.15, -0.1) is 0 Å². The summed E-state index contributed by atoms with van der Waals surface area (Å²) in [5, 5.41) is 0. The molecule has 2 rings (SSSR count). The van der Waals surface area contributed by atoms with E-state index in [0.29, 0.717) is 39.1 Å². The smallest absolute Gasteiger partial charge is 0.226 e. The number of hydrogen-bond acceptors (Lipinski definition) is 3.